The minimum absolute atomic E-state index is 0.0884. The van der Waals surface area contributed by atoms with Crippen LogP contribution in [0, 0.1) is 0 Å². The van der Waals surface area contributed by atoms with Gasteiger partial charge in [-0.25, -0.2) is 9.13 Å². The third kappa shape index (κ3) is 92.0. The van der Waals surface area contributed by atoms with Gasteiger partial charge in [-0.3, -0.25) is 32.5 Å². The van der Waals surface area contributed by atoms with Gasteiger partial charge in [-0.1, -0.05) is 391 Å². The van der Waals surface area contributed by atoms with Crippen molar-refractivity contribution in [1.29, 1.82) is 0 Å². The zero-order valence-corrected chi connectivity index (χ0v) is 76.1. The second-order valence-electron chi connectivity index (χ2n) is 31.4. The fourth-order valence-corrected chi connectivity index (χ4v) is 14.5. The lowest BCUT2D eigenvalue weighted by Crippen LogP contribution is -2.30. The van der Waals surface area contributed by atoms with Gasteiger partial charge in [0.15, 0.2) is 6.10 Å². The first-order valence-corrected chi connectivity index (χ1v) is 50.1. The highest BCUT2D eigenvalue weighted by atomic mass is 31.2. The Morgan fingerprint density at radius 3 is 0.718 bits per heavy atom. The summed E-state index contributed by atoms with van der Waals surface area (Å²) in [5.41, 5.74) is 0. The number of aliphatic hydroxyl groups is 2. The summed E-state index contributed by atoms with van der Waals surface area (Å²) in [6, 6.07) is 0. The van der Waals surface area contributed by atoms with Gasteiger partial charge in [0.25, 0.3) is 0 Å². The van der Waals surface area contributed by atoms with Crippen molar-refractivity contribution in [2.24, 2.45) is 0 Å². The van der Waals surface area contributed by atoms with Crippen molar-refractivity contribution < 1.29 is 75.8 Å². The molecule has 4 N–H and O–H groups in total. The molecule has 0 bridgehead atoms. The zero-order chi connectivity index (χ0) is 85.1. The van der Waals surface area contributed by atoms with E-state index in [4.69, 9.17) is 32.3 Å². The molecule has 0 aliphatic rings. The number of carbonyl (C=O) groups is 3. The van der Waals surface area contributed by atoms with E-state index in [1.165, 1.54) is 199 Å². The van der Waals surface area contributed by atoms with Crippen LogP contribution >= 0.6 is 15.6 Å². The first-order valence-electron chi connectivity index (χ1n) is 47.1. The second kappa shape index (κ2) is 90.7. The molecule has 674 valence electrons. The van der Waals surface area contributed by atoms with Crippen LogP contribution in [0.1, 0.15) is 406 Å². The van der Waals surface area contributed by atoms with Crippen LogP contribution in [0.2, 0.25) is 0 Å². The molecule has 0 spiro atoms. The Morgan fingerprint density at radius 1 is 0.248 bits per heavy atom. The second-order valence-corrected chi connectivity index (χ2v) is 34.3. The number of hydrogen-bond donors (Lipinski definition) is 4. The number of carbonyl (C=O) groups excluding carboxylic acids is 3. The SMILES string of the molecule is CC/C=C\C/C=C\C/C=C\C/C=C\C/C=C\CCCCCCCCCCCCCCCCCCCCCC(=O)OCC(O)COP(=O)(O)OCC(O)COP(=O)(O)OCC(COC(=O)CCCCCCCCCCCCCCCCC/C=C\C/C=C\C/C=C\C/C=C\C/C=C\CC)OC(=O)CCCCCCC/C=C\C/C=C\CCCCC. The van der Waals surface area contributed by atoms with E-state index >= 15 is 0 Å². The van der Waals surface area contributed by atoms with Crippen LogP contribution in [0.15, 0.2) is 146 Å². The van der Waals surface area contributed by atoms with Crippen LogP contribution in [0.3, 0.4) is 0 Å². The van der Waals surface area contributed by atoms with Gasteiger partial charge in [-0.2, -0.15) is 0 Å². The van der Waals surface area contributed by atoms with Crippen molar-refractivity contribution >= 4 is 33.6 Å². The van der Waals surface area contributed by atoms with Crippen LogP contribution in [0.25, 0.3) is 0 Å². The molecular weight excluding hydrogens is 1510 g/mol. The molecule has 0 aromatic rings. The minimum atomic E-state index is -4.94. The number of esters is 3. The van der Waals surface area contributed by atoms with Gasteiger partial charge in [0.1, 0.15) is 25.4 Å². The number of hydrogen-bond acceptors (Lipinski definition) is 14. The molecule has 0 saturated heterocycles. The predicted octanol–water partition coefficient (Wildman–Crippen LogP) is 29.1. The normalized spacial score (nSPS) is 14.4. The molecule has 0 aliphatic carbocycles. The van der Waals surface area contributed by atoms with Gasteiger partial charge in [-0.05, 0) is 141 Å². The highest BCUT2D eigenvalue weighted by Crippen LogP contribution is 2.45. The summed E-state index contributed by atoms with van der Waals surface area (Å²) in [6.45, 7) is 2.47. The summed E-state index contributed by atoms with van der Waals surface area (Å²) in [5, 5.41) is 20.7. The topological polar surface area (TPSA) is 231 Å². The first-order chi connectivity index (χ1) is 57.2. The van der Waals surface area contributed by atoms with Crippen molar-refractivity contribution in [3.05, 3.63) is 146 Å². The maximum atomic E-state index is 13.0. The number of phosphoric ester groups is 2. The summed E-state index contributed by atoms with van der Waals surface area (Å²) in [7, 11) is -9.80. The first kappa shape index (κ1) is 112. The van der Waals surface area contributed by atoms with Crippen LogP contribution in [-0.2, 0) is 55.8 Å². The standard InChI is InChI=1S/C99H172O16P2/c1-4-7-10-13-16-19-22-25-28-30-32-34-36-38-40-42-44-45-46-47-49-51-52-54-56-58-60-62-65-67-70-73-76-79-82-85-97(102)109-88-94(100)89-111-116(105,106)112-90-95(101)91-113-117(107,108)114-93-96(115-99(104)87-84-81-78-75-72-69-64-27-24-21-18-15-12-9-6-3)92-110-98(103)86-83-80-77-74-71-68-66-63-61-59-57-55-53-50-48-43-41-39-37-35-33-31-29-26-23-20-17-14-11-8-5-2/h7-8,10-11,16-21,25-29,32-35,38-41,64,94-96,100-101H,4-6,9,12-15,22-24,30-31,36-37,42-63,65-93H2,1-3H3,(H,105,106)(H,107,108)/b10-7-,11-8-,19-16-,20-17-,21-18-,28-25-,29-26-,34-32-,35-33-,40-38-,41-39-,64-27-. The third-order valence-corrected chi connectivity index (χ3v) is 21.9. The molecule has 117 heavy (non-hydrogen) atoms. The van der Waals surface area contributed by atoms with Gasteiger partial charge in [0.2, 0.25) is 0 Å². The average molecular weight is 1680 g/mol. The molecule has 0 amide bonds. The smallest absolute Gasteiger partial charge is 0.463 e. The van der Waals surface area contributed by atoms with Gasteiger partial charge < -0.3 is 34.2 Å². The van der Waals surface area contributed by atoms with E-state index in [1.54, 1.807) is 0 Å². The van der Waals surface area contributed by atoms with Gasteiger partial charge in [0.05, 0.1) is 26.4 Å². The zero-order valence-electron chi connectivity index (χ0n) is 74.3. The molecule has 0 heterocycles. The highest BCUT2D eigenvalue weighted by molar-refractivity contribution is 7.47. The quantitative estimate of drug-likeness (QED) is 0.0146. The summed E-state index contributed by atoms with van der Waals surface area (Å²) < 4.78 is 61.4. The van der Waals surface area contributed by atoms with Crippen LogP contribution in [-0.4, -0.2) is 95.9 Å². The van der Waals surface area contributed by atoms with Crippen molar-refractivity contribution in [3.8, 4) is 0 Å². The third-order valence-electron chi connectivity index (χ3n) is 20.0. The van der Waals surface area contributed by atoms with E-state index in [1.807, 2.05) is 0 Å². The molecule has 0 rings (SSSR count). The number of phosphoric acid groups is 2. The molecule has 5 atom stereocenters. The lowest BCUT2D eigenvalue weighted by Gasteiger charge is -2.21. The fraction of sp³-hybridized carbons (Fsp3) is 0.727. The summed E-state index contributed by atoms with van der Waals surface area (Å²) in [5.74, 6) is -1.57. The summed E-state index contributed by atoms with van der Waals surface area (Å²) >= 11 is 0. The van der Waals surface area contributed by atoms with Crippen LogP contribution in [0.5, 0.6) is 0 Å². The Morgan fingerprint density at radius 2 is 0.453 bits per heavy atom. The summed E-state index contributed by atoms with van der Waals surface area (Å²) in [6.07, 6.45) is 115. The highest BCUT2D eigenvalue weighted by Gasteiger charge is 2.30. The number of aliphatic hydroxyl groups excluding tert-OH is 2. The lowest BCUT2D eigenvalue weighted by molar-refractivity contribution is -0.161. The Labute approximate surface area is 715 Å². The van der Waals surface area contributed by atoms with E-state index in [0.717, 1.165) is 148 Å². The molecule has 0 saturated carbocycles. The number of unbranched alkanes of at least 4 members (excludes halogenated alkanes) is 42. The van der Waals surface area contributed by atoms with Crippen LogP contribution < -0.4 is 0 Å². The molecule has 18 heteroatoms. The van der Waals surface area contributed by atoms with E-state index in [2.05, 4.69) is 167 Å². The average Bonchev–Trinajstić information content (AvgIpc) is 0.886. The number of allylic oxidation sites excluding steroid dienone is 24. The molecule has 5 unspecified atom stereocenters. The fourth-order valence-electron chi connectivity index (χ4n) is 13.0. The van der Waals surface area contributed by atoms with Crippen molar-refractivity contribution in [3.63, 3.8) is 0 Å². The predicted molar refractivity (Wildman–Crippen MR) is 491 cm³/mol. The molecule has 0 radical (unpaired) electrons. The van der Waals surface area contributed by atoms with Gasteiger partial charge in [-0.15, -0.1) is 0 Å². The molecule has 16 nitrogen and oxygen atoms in total. The van der Waals surface area contributed by atoms with E-state index < -0.39 is 91.5 Å². The van der Waals surface area contributed by atoms with Gasteiger partial charge in [0, 0.05) is 19.3 Å². The number of ether oxygens (including phenoxy) is 3. The Balaban J connectivity index is 4.41. The molecule has 0 aromatic carbocycles. The Kier molecular flexibility index (Phi) is 87.1. The van der Waals surface area contributed by atoms with E-state index in [9.17, 15) is 43.5 Å². The summed E-state index contributed by atoms with van der Waals surface area (Å²) in [4.78, 5) is 58.9. The van der Waals surface area contributed by atoms with Gasteiger partial charge >= 0.3 is 33.6 Å². The monoisotopic (exact) mass is 1680 g/mol. The van der Waals surface area contributed by atoms with Crippen LogP contribution in [0.4, 0.5) is 0 Å². The van der Waals surface area contributed by atoms with E-state index in [-0.39, 0.29) is 19.3 Å². The maximum absolute atomic E-state index is 13.0. The Bertz CT molecular complexity index is 2710. The van der Waals surface area contributed by atoms with Crippen molar-refractivity contribution in [2.45, 2.75) is 424 Å². The maximum Gasteiger partial charge on any atom is 0.472 e. The van der Waals surface area contributed by atoms with E-state index in [0.29, 0.717) is 19.3 Å². The van der Waals surface area contributed by atoms with Crippen molar-refractivity contribution in [1.82, 2.24) is 0 Å². The Hall–Kier alpha value is -4.57. The molecule has 0 fully saturated rings. The molecular formula is C99H172O16P2. The molecule has 0 aliphatic heterocycles. The lowest BCUT2D eigenvalue weighted by atomic mass is 10.0. The largest absolute Gasteiger partial charge is 0.472 e. The van der Waals surface area contributed by atoms with Crippen molar-refractivity contribution in [2.75, 3.05) is 39.6 Å². The minimum Gasteiger partial charge on any atom is -0.463 e. The number of rotatable bonds is 89. The molecule has 0 aromatic heterocycles.